The molecule has 1 aliphatic rings. The van der Waals surface area contributed by atoms with Gasteiger partial charge in [-0.25, -0.2) is 9.18 Å². The lowest BCUT2D eigenvalue weighted by Crippen LogP contribution is -2.46. The van der Waals surface area contributed by atoms with E-state index in [4.69, 9.17) is 0 Å². The molecule has 2 aromatic carbocycles. The number of benzene rings is 2. The van der Waals surface area contributed by atoms with Gasteiger partial charge in [-0.1, -0.05) is 36.4 Å². The standard InChI is InChI=1S/C20H19FN2O4/c1-12(20(26)27)23(11-13-5-3-2-4-6-13)19(25)16-10-18(24)22-17-9-14(21)7-8-15(16)17/h2-9,12,16H,10-11H2,1H3,(H,22,24)(H,26,27). The summed E-state index contributed by atoms with van der Waals surface area (Å²) in [4.78, 5) is 38.0. The van der Waals surface area contributed by atoms with E-state index in [2.05, 4.69) is 5.32 Å². The molecule has 0 saturated heterocycles. The Morgan fingerprint density at radius 2 is 1.96 bits per heavy atom. The first-order valence-corrected chi connectivity index (χ1v) is 8.53. The SMILES string of the molecule is CC(C(=O)O)N(Cc1ccccc1)C(=O)C1CC(=O)Nc2cc(F)ccc21. The number of carbonyl (C=O) groups excluding carboxylic acids is 2. The second kappa shape index (κ2) is 7.57. The van der Waals surface area contributed by atoms with E-state index in [-0.39, 0.29) is 18.7 Å². The Morgan fingerprint density at radius 3 is 2.63 bits per heavy atom. The first-order chi connectivity index (χ1) is 12.9. The molecule has 1 heterocycles. The van der Waals surface area contributed by atoms with Crippen molar-refractivity contribution in [2.75, 3.05) is 5.32 Å². The monoisotopic (exact) mass is 370 g/mol. The fourth-order valence-electron chi connectivity index (χ4n) is 3.18. The van der Waals surface area contributed by atoms with Gasteiger partial charge in [0.1, 0.15) is 11.9 Å². The molecule has 0 fully saturated rings. The maximum Gasteiger partial charge on any atom is 0.326 e. The van der Waals surface area contributed by atoms with E-state index in [1.54, 1.807) is 24.3 Å². The topological polar surface area (TPSA) is 86.7 Å². The van der Waals surface area contributed by atoms with Crippen molar-refractivity contribution in [1.29, 1.82) is 0 Å². The van der Waals surface area contributed by atoms with Gasteiger partial charge in [-0.05, 0) is 30.2 Å². The molecule has 27 heavy (non-hydrogen) atoms. The van der Waals surface area contributed by atoms with Gasteiger partial charge in [0.05, 0.1) is 5.92 Å². The number of fused-ring (bicyclic) bond motifs is 1. The van der Waals surface area contributed by atoms with E-state index < -0.39 is 35.6 Å². The van der Waals surface area contributed by atoms with Crippen molar-refractivity contribution in [3.8, 4) is 0 Å². The summed E-state index contributed by atoms with van der Waals surface area (Å²) in [6, 6.07) is 11.8. The Morgan fingerprint density at radius 1 is 1.26 bits per heavy atom. The smallest absolute Gasteiger partial charge is 0.326 e. The number of anilines is 1. The Balaban J connectivity index is 1.96. The minimum atomic E-state index is -1.14. The zero-order valence-electron chi connectivity index (χ0n) is 14.7. The first-order valence-electron chi connectivity index (χ1n) is 8.53. The molecule has 6 nitrogen and oxygen atoms in total. The molecule has 0 aliphatic carbocycles. The van der Waals surface area contributed by atoms with Gasteiger partial charge < -0.3 is 15.3 Å². The number of carboxylic acid groups (broad SMARTS) is 1. The fraction of sp³-hybridized carbons (Fsp3) is 0.250. The minimum absolute atomic E-state index is 0.0990. The van der Waals surface area contributed by atoms with E-state index in [0.717, 1.165) is 11.6 Å². The van der Waals surface area contributed by atoms with Gasteiger partial charge in [0.25, 0.3) is 0 Å². The fourth-order valence-corrected chi connectivity index (χ4v) is 3.18. The molecule has 0 aromatic heterocycles. The molecule has 140 valence electrons. The predicted molar refractivity (Wildman–Crippen MR) is 96.5 cm³/mol. The molecule has 2 amide bonds. The van der Waals surface area contributed by atoms with Crippen LogP contribution in [0.5, 0.6) is 0 Å². The van der Waals surface area contributed by atoms with Crippen molar-refractivity contribution >= 4 is 23.5 Å². The Kier molecular flexibility index (Phi) is 5.21. The number of nitrogens with zero attached hydrogens (tertiary/aromatic N) is 1. The van der Waals surface area contributed by atoms with Crippen LogP contribution in [0.3, 0.4) is 0 Å². The zero-order chi connectivity index (χ0) is 19.6. The van der Waals surface area contributed by atoms with Gasteiger partial charge in [0.2, 0.25) is 11.8 Å². The molecule has 0 radical (unpaired) electrons. The maximum absolute atomic E-state index is 13.5. The van der Waals surface area contributed by atoms with Gasteiger partial charge in [0, 0.05) is 18.7 Å². The molecule has 0 saturated carbocycles. The average Bonchev–Trinajstić information content (AvgIpc) is 2.64. The number of carboxylic acids is 1. The number of aliphatic carboxylic acids is 1. The van der Waals surface area contributed by atoms with Crippen molar-refractivity contribution in [2.24, 2.45) is 0 Å². The molecule has 3 rings (SSSR count). The quantitative estimate of drug-likeness (QED) is 0.847. The van der Waals surface area contributed by atoms with Crippen LogP contribution in [0.15, 0.2) is 48.5 Å². The van der Waals surface area contributed by atoms with E-state index in [1.807, 2.05) is 6.07 Å². The summed E-state index contributed by atoms with van der Waals surface area (Å²) in [6.07, 6.45) is -0.116. The van der Waals surface area contributed by atoms with E-state index in [0.29, 0.717) is 5.56 Å². The van der Waals surface area contributed by atoms with Gasteiger partial charge in [-0.3, -0.25) is 9.59 Å². The number of nitrogens with one attached hydrogen (secondary N) is 1. The molecular formula is C20H19FN2O4. The summed E-state index contributed by atoms with van der Waals surface area (Å²) in [5, 5.41) is 12.0. The Bertz CT molecular complexity index is 885. The number of hydrogen-bond acceptors (Lipinski definition) is 3. The molecule has 2 N–H and O–H groups in total. The third kappa shape index (κ3) is 3.97. The first kappa shape index (κ1) is 18.6. The van der Waals surface area contributed by atoms with Gasteiger partial charge in [0.15, 0.2) is 0 Å². The molecule has 0 spiro atoms. The third-order valence-corrected chi connectivity index (χ3v) is 4.66. The number of carbonyl (C=O) groups is 3. The van der Waals surface area contributed by atoms with Crippen LogP contribution in [0.2, 0.25) is 0 Å². The van der Waals surface area contributed by atoms with Crippen molar-refractivity contribution in [2.45, 2.75) is 31.8 Å². The van der Waals surface area contributed by atoms with Crippen LogP contribution in [0, 0.1) is 5.82 Å². The highest BCUT2D eigenvalue weighted by atomic mass is 19.1. The lowest BCUT2D eigenvalue weighted by atomic mass is 9.88. The molecule has 1 aliphatic heterocycles. The Hall–Kier alpha value is -3.22. The lowest BCUT2D eigenvalue weighted by Gasteiger charge is -2.33. The molecule has 2 atom stereocenters. The largest absolute Gasteiger partial charge is 0.480 e. The van der Waals surface area contributed by atoms with E-state index in [9.17, 15) is 23.9 Å². The lowest BCUT2D eigenvalue weighted by molar-refractivity contribution is -0.151. The highest BCUT2D eigenvalue weighted by molar-refractivity contribution is 6.01. The maximum atomic E-state index is 13.5. The zero-order valence-corrected chi connectivity index (χ0v) is 14.7. The molecule has 7 heteroatoms. The summed E-state index contributed by atoms with van der Waals surface area (Å²) in [6.45, 7) is 1.53. The normalized spacial score (nSPS) is 16.8. The van der Waals surface area contributed by atoms with Crippen LogP contribution < -0.4 is 5.32 Å². The summed E-state index contributed by atoms with van der Waals surface area (Å²) in [7, 11) is 0. The van der Waals surface area contributed by atoms with E-state index >= 15 is 0 Å². The third-order valence-electron chi connectivity index (χ3n) is 4.66. The molecule has 0 bridgehead atoms. The second-order valence-corrected chi connectivity index (χ2v) is 6.50. The molecule has 2 aromatic rings. The van der Waals surface area contributed by atoms with Gasteiger partial charge >= 0.3 is 5.97 Å². The number of halogens is 1. The molecule has 2 unspecified atom stereocenters. The highest BCUT2D eigenvalue weighted by Gasteiger charge is 2.36. The number of rotatable bonds is 5. The Labute approximate surface area is 155 Å². The number of amides is 2. The molecular weight excluding hydrogens is 351 g/mol. The van der Waals surface area contributed by atoms with Crippen LogP contribution in [-0.2, 0) is 20.9 Å². The predicted octanol–water partition coefficient (Wildman–Crippen LogP) is 2.75. The highest BCUT2D eigenvalue weighted by Crippen LogP contribution is 2.34. The van der Waals surface area contributed by atoms with Crippen LogP contribution in [0.1, 0.15) is 30.4 Å². The van der Waals surface area contributed by atoms with Crippen LogP contribution in [-0.4, -0.2) is 33.8 Å². The second-order valence-electron chi connectivity index (χ2n) is 6.50. The van der Waals surface area contributed by atoms with Crippen molar-refractivity contribution in [3.05, 3.63) is 65.5 Å². The number of hydrogen-bond donors (Lipinski definition) is 2. The van der Waals surface area contributed by atoms with Crippen molar-refractivity contribution in [3.63, 3.8) is 0 Å². The summed E-state index contributed by atoms with van der Waals surface area (Å²) < 4.78 is 13.5. The van der Waals surface area contributed by atoms with Crippen molar-refractivity contribution < 1.29 is 23.9 Å². The van der Waals surface area contributed by atoms with Crippen LogP contribution in [0.4, 0.5) is 10.1 Å². The average molecular weight is 370 g/mol. The van der Waals surface area contributed by atoms with Crippen molar-refractivity contribution in [1.82, 2.24) is 4.90 Å². The van der Waals surface area contributed by atoms with Gasteiger partial charge in [-0.2, -0.15) is 0 Å². The van der Waals surface area contributed by atoms with Crippen LogP contribution >= 0.6 is 0 Å². The van der Waals surface area contributed by atoms with E-state index in [1.165, 1.54) is 24.0 Å². The summed E-state index contributed by atoms with van der Waals surface area (Å²) >= 11 is 0. The summed E-state index contributed by atoms with van der Waals surface area (Å²) in [5.74, 6) is -3.41. The van der Waals surface area contributed by atoms with Crippen LogP contribution in [0.25, 0.3) is 0 Å². The summed E-state index contributed by atoms with van der Waals surface area (Å²) in [5.41, 5.74) is 1.50. The van der Waals surface area contributed by atoms with Gasteiger partial charge in [-0.15, -0.1) is 0 Å². The minimum Gasteiger partial charge on any atom is -0.480 e.